The fraction of sp³-hybridized carbons (Fsp3) is 0.408. The van der Waals surface area contributed by atoms with Crippen molar-refractivity contribution in [3.63, 3.8) is 0 Å². The first-order chi connectivity index (χ1) is 24.3. The molecular weight excluding hydrogens is 822 g/mol. The average molecular weight is 880 g/mol. The third kappa shape index (κ3) is 9.03. The van der Waals surface area contributed by atoms with E-state index in [9.17, 15) is 0 Å². The minimum atomic E-state index is -3.10. The third-order valence-corrected chi connectivity index (χ3v) is 20.2. The smallest absolute Gasteiger partial charge is 1.00 e. The van der Waals surface area contributed by atoms with Gasteiger partial charge in [-0.05, 0) is 0 Å². The Kier molecular flexibility index (Phi) is 14.2. The summed E-state index contributed by atoms with van der Waals surface area (Å²) in [5, 5.41) is 1.56. The molecule has 5 heteroatoms. The van der Waals surface area contributed by atoms with Crippen LogP contribution in [0.5, 0.6) is 0 Å². The Hall–Kier alpha value is -1.73. The van der Waals surface area contributed by atoms with E-state index in [0.717, 1.165) is 10.0 Å². The van der Waals surface area contributed by atoms with Gasteiger partial charge in [0, 0.05) is 0 Å². The van der Waals surface area contributed by atoms with Crippen molar-refractivity contribution in [1.29, 1.82) is 0 Å². The molecule has 4 aromatic rings. The molecule has 0 nitrogen and oxygen atoms in total. The zero-order chi connectivity index (χ0) is 37.9. The summed E-state index contributed by atoms with van der Waals surface area (Å²) in [5.41, 5.74) is 15.7. The van der Waals surface area contributed by atoms with E-state index < -0.39 is 21.3 Å². The van der Waals surface area contributed by atoms with Crippen LogP contribution in [0.15, 0.2) is 93.8 Å². The molecule has 0 saturated heterocycles. The van der Waals surface area contributed by atoms with Gasteiger partial charge in [-0.15, -0.1) is 0 Å². The molecule has 0 fully saturated rings. The number of aryl methyl sites for hydroxylation is 2. The van der Waals surface area contributed by atoms with Gasteiger partial charge in [-0.3, -0.25) is 0 Å². The van der Waals surface area contributed by atoms with Gasteiger partial charge in [-0.25, -0.2) is 0 Å². The Bertz CT molecular complexity index is 2010. The van der Waals surface area contributed by atoms with Crippen molar-refractivity contribution in [3.8, 4) is 11.1 Å². The summed E-state index contributed by atoms with van der Waals surface area (Å²) in [6, 6.07) is 27.6. The van der Waals surface area contributed by atoms with Gasteiger partial charge >= 0.3 is 335 Å². The normalized spacial score (nSPS) is 15.3. The number of allylic oxidation sites excluding steroid dienone is 4. The largest absolute Gasteiger partial charge is 1.00 e. The first-order valence-electron chi connectivity index (χ1n) is 19.3. The Morgan fingerprint density at radius 2 is 1.11 bits per heavy atom. The van der Waals surface area contributed by atoms with Crippen molar-refractivity contribution in [2.75, 3.05) is 0 Å². The number of rotatable bonds is 7. The number of unbranched alkanes of at least 4 members (excludes halogenated alkanes) is 1. The van der Waals surface area contributed by atoms with E-state index in [-0.39, 0.29) is 41.1 Å². The third-order valence-electron chi connectivity index (χ3n) is 11.2. The van der Waals surface area contributed by atoms with Gasteiger partial charge in [0.1, 0.15) is 0 Å². The van der Waals surface area contributed by atoms with Crippen molar-refractivity contribution in [3.05, 3.63) is 148 Å². The van der Waals surface area contributed by atoms with Gasteiger partial charge in [0.15, 0.2) is 0 Å². The molecule has 0 radical (unpaired) electrons. The first kappa shape index (κ1) is 45.0. The topological polar surface area (TPSA) is 0 Å². The maximum Gasteiger partial charge on any atom is -1.00 e. The van der Waals surface area contributed by atoms with Gasteiger partial charge in [-0.2, -0.15) is 0 Å². The van der Waals surface area contributed by atoms with Crippen LogP contribution in [0.4, 0.5) is 0 Å². The van der Waals surface area contributed by atoms with E-state index in [0.29, 0.717) is 9.54 Å². The van der Waals surface area contributed by atoms with E-state index in [1.807, 2.05) is 12.1 Å². The van der Waals surface area contributed by atoms with Gasteiger partial charge in [-0.1, -0.05) is 0 Å². The Balaban J connectivity index is 0.00000325. The second-order valence-corrected chi connectivity index (χ2v) is 25.4. The minimum absolute atomic E-state index is 0. The van der Waals surface area contributed by atoms with Crippen LogP contribution in [0.2, 0.25) is 10.0 Å². The Morgan fingerprint density at radius 3 is 1.50 bits per heavy atom. The second-order valence-electron chi connectivity index (χ2n) is 18.5. The molecule has 2 aliphatic carbocycles. The molecule has 2 aliphatic rings. The van der Waals surface area contributed by atoms with Crippen LogP contribution in [-0.4, -0.2) is 3.21 Å². The summed E-state index contributed by atoms with van der Waals surface area (Å²) in [7, 11) is 0. The molecule has 0 aliphatic heterocycles. The molecule has 1 atom stereocenters. The van der Waals surface area contributed by atoms with Crippen LogP contribution in [0.1, 0.15) is 137 Å². The van der Waals surface area contributed by atoms with Crippen LogP contribution in [-0.2, 0) is 32.1 Å². The summed E-state index contributed by atoms with van der Waals surface area (Å²) in [6.45, 7) is 28.3. The maximum absolute atomic E-state index is 6.89. The molecule has 0 bridgehead atoms. The zero-order valence-corrected chi connectivity index (χ0v) is 39.9. The second kappa shape index (κ2) is 17.0. The summed E-state index contributed by atoms with van der Waals surface area (Å²) < 4.78 is 3.49. The molecule has 0 saturated carbocycles. The van der Waals surface area contributed by atoms with Crippen LogP contribution in [0, 0.1) is 25.2 Å². The SMILES string of the molecule is CCCCC1C=C(C(C)(C)C)C=[C]1[Zr+2](=[C](c1cccc(Cl)c1)c1cccc(Cl)c1)[CH]1c2cc(C)c(C(C)(C)C)cc2-c2cc(C(C)(C)C)c(C)cc21.[Cl-].[Cl-]. The molecule has 4 aromatic carbocycles. The van der Waals surface area contributed by atoms with Gasteiger partial charge < -0.3 is 24.8 Å². The Morgan fingerprint density at radius 1 is 0.648 bits per heavy atom. The monoisotopic (exact) mass is 876 g/mol. The summed E-state index contributed by atoms with van der Waals surface area (Å²) in [5.74, 6) is 0.425. The molecule has 0 N–H and O–H groups in total. The van der Waals surface area contributed by atoms with Crippen molar-refractivity contribution < 1.29 is 46.1 Å². The van der Waals surface area contributed by atoms with Gasteiger partial charge in [0.25, 0.3) is 0 Å². The summed E-state index contributed by atoms with van der Waals surface area (Å²) in [4.78, 5) is 0. The molecule has 0 amide bonds. The molecule has 0 spiro atoms. The number of hydrogen-bond acceptors (Lipinski definition) is 0. The van der Waals surface area contributed by atoms with Gasteiger partial charge in [0.2, 0.25) is 0 Å². The van der Waals surface area contributed by atoms with Crippen LogP contribution < -0.4 is 24.8 Å². The van der Waals surface area contributed by atoms with Crippen molar-refractivity contribution in [1.82, 2.24) is 0 Å². The number of halogens is 4. The predicted molar refractivity (Wildman–Crippen MR) is 225 cm³/mol. The first-order valence-corrected chi connectivity index (χ1v) is 23.9. The van der Waals surface area contributed by atoms with E-state index in [1.165, 1.54) is 83.7 Å². The fourth-order valence-corrected chi connectivity index (χ4v) is 18.7. The van der Waals surface area contributed by atoms with Crippen molar-refractivity contribution in [2.45, 2.75) is 117 Å². The van der Waals surface area contributed by atoms with E-state index >= 15 is 0 Å². The number of fused-ring (bicyclic) bond motifs is 3. The molecule has 286 valence electrons. The minimum Gasteiger partial charge on any atom is -1.00 e. The average Bonchev–Trinajstić information content (AvgIpc) is 3.59. The predicted octanol–water partition coefficient (Wildman–Crippen LogP) is 8.85. The molecule has 0 aromatic heterocycles. The van der Waals surface area contributed by atoms with E-state index in [4.69, 9.17) is 23.2 Å². The molecule has 0 heterocycles. The standard InChI is InChI=1S/C23H29.C13H8Cl2.C13H21.2ClH.Zr/c1-14-9-16-11-17-10-15(2)21(23(6,7)8)13-19(17)18(16)12-20(14)22(3,4)5;14-12-5-1-3-10(8-12)7-11-4-2-6-13(15)9-11;1-5-6-7-11-8-9-12(10-11)13(2,3)4;;;/h9-13H,1-8H3;1-6,8-9H;9-11H,5-7H2,1-4H3;2*1H;/q;;;;;+2/p-2. The summed E-state index contributed by atoms with van der Waals surface area (Å²) in [6.07, 6.45) is 8.92. The molecular formula is C49H58Cl4Zr. The molecule has 6 rings (SSSR count). The Labute approximate surface area is 357 Å². The van der Waals surface area contributed by atoms with Gasteiger partial charge in [0.05, 0.1) is 0 Å². The number of benzene rings is 4. The molecule has 54 heavy (non-hydrogen) atoms. The summed E-state index contributed by atoms with van der Waals surface area (Å²) >= 11 is 10.7. The maximum atomic E-state index is 6.89. The fourth-order valence-electron chi connectivity index (χ4n) is 8.76. The van der Waals surface area contributed by atoms with Crippen molar-refractivity contribution >= 4 is 26.4 Å². The van der Waals surface area contributed by atoms with E-state index in [1.54, 1.807) is 3.28 Å². The molecule has 1 unspecified atom stereocenters. The quantitative estimate of drug-likeness (QED) is 0.174. The number of hydrogen-bond donors (Lipinski definition) is 0. The van der Waals surface area contributed by atoms with E-state index in [2.05, 4.69) is 156 Å². The van der Waals surface area contributed by atoms with Crippen molar-refractivity contribution in [2.24, 2.45) is 11.3 Å². The van der Waals surface area contributed by atoms with Crippen LogP contribution in [0.3, 0.4) is 0 Å². The van der Waals surface area contributed by atoms with Crippen LogP contribution >= 0.6 is 23.2 Å². The zero-order valence-electron chi connectivity index (χ0n) is 34.4. The van der Waals surface area contributed by atoms with Crippen LogP contribution in [0.25, 0.3) is 11.1 Å².